The van der Waals surface area contributed by atoms with Crippen molar-refractivity contribution in [1.82, 2.24) is 10.2 Å². The predicted molar refractivity (Wildman–Crippen MR) is 92.1 cm³/mol. The molecule has 2 aliphatic rings. The first-order valence-corrected chi connectivity index (χ1v) is 9.39. The molecule has 0 radical (unpaired) electrons. The number of thiophene rings is 1. The SMILES string of the molecule is O=C(N[C@@H]1CCO[C@]2(CCN(Cc3ccco3)C2)C1)c1ccsc1. The standard InChI is InChI=1S/C18H22N2O3S/c21-17(14-4-9-24-12-14)19-15-3-8-23-18(10-15)5-6-20(13-18)11-16-2-1-7-22-16/h1-2,4,7,9,12,15H,3,5-6,8,10-11,13H2,(H,19,21)/t15-,18-/m1/s1. The molecule has 2 saturated heterocycles. The lowest BCUT2D eigenvalue weighted by Gasteiger charge is -2.38. The van der Waals surface area contributed by atoms with E-state index in [1.165, 1.54) is 0 Å². The Balaban J connectivity index is 1.35. The summed E-state index contributed by atoms with van der Waals surface area (Å²) in [4.78, 5) is 14.7. The second-order valence-corrected chi connectivity index (χ2v) is 7.53. The third-order valence-corrected chi connectivity index (χ3v) is 5.65. The summed E-state index contributed by atoms with van der Waals surface area (Å²) in [7, 11) is 0. The molecule has 4 heterocycles. The van der Waals surface area contributed by atoms with Crippen LogP contribution in [-0.2, 0) is 11.3 Å². The molecular weight excluding hydrogens is 324 g/mol. The van der Waals surface area contributed by atoms with Gasteiger partial charge in [0.05, 0.1) is 18.4 Å². The zero-order valence-electron chi connectivity index (χ0n) is 13.6. The molecule has 4 rings (SSSR count). The third kappa shape index (κ3) is 3.41. The van der Waals surface area contributed by atoms with Crippen molar-refractivity contribution >= 4 is 17.2 Å². The predicted octanol–water partition coefficient (Wildman–Crippen LogP) is 2.89. The van der Waals surface area contributed by atoms with Gasteiger partial charge in [-0.1, -0.05) is 0 Å². The van der Waals surface area contributed by atoms with Gasteiger partial charge in [0.15, 0.2) is 0 Å². The van der Waals surface area contributed by atoms with Crippen molar-refractivity contribution in [3.05, 3.63) is 46.5 Å². The fraction of sp³-hybridized carbons (Fsp3) is 0.500. The monoisotopic (exact) mass is 346 g/mol. The van der Waals surface area contributed by atoms with Gasteiger partial charge in [0, 0.05) is 36.7 Å². The third-order valence-electron chi connectivity index (χ3n) is 4.97. The zero-order chi connectivity index (χ0) is 16.4. The molecule has 1 N–H and O–H groups in total. The highest BCUT2D eigenvalue weighted by atomic mass is 32.1. The van der Waals surface area contributed by atoms with Gasteiger partial charge in [0.1, 0.15) is 5.76 Å². The molecule has 2 aliphatic heterocycles. The van der Waals surface area contributed by atoms with Gasteiger partial charge in [-0.3, -0.25) is 9.69 Å². The highest BCUT2D eigenvalue weighted by Crippen LogP contribution is 2.35. The molecule has 2 aromatic rings. The number of hydrogen-bond donors (Lipinski definition) is 1. The van der Waals surface area contributed by atoms with Crippen molar-refractivity contribution < 1.29 is 13.9 Å². The van der Waals surface area contributed by atoms with Crippen LogP contribution in [0.1, 0.15) is 35.4 Å². The maximum atomic E-state index is 12.3. The van der Waals surface area contributed by atoms with Crippen LogP contribution in [-0.4, -0.2) is 42.1 Å². The fourth-order valence-corrected chi connectivity index (χ4v) is 4.42. The Morgan fingerprint density at radius 1 is 1.46 bits per heavy atom. The number of carbonyl (C=O) groups excluding carboxylic acids is 1. The van der Waals surface area contributed by atoms with E-state index in [-0.39, 0.29) is 17.6 Å². The molecule has 24 heavy (non-hydrogen) atoms. The highest BCUT2D eigenvalue weighted by Gasteiger charge is 2.43. The van der Waals surface area contributed by atoms with Crippen LogP contribution >= 0.6 is 11.3 Å². The lowest BCUT2D eigenvalue weighted by Crippen LogP contribution is -2.49. The summed E-state index contributed by atoms with van der Waals surface area (Å²) >= 11 is 1.55. The summed E-state index contributed by atoms with van der Waals surface area (Å²) < 4.78 is 11.6. The van der Waals surface area contributed by atoms with Gasteiger partial charge in [-0.2, -0.15) is 11.3 Å². The lowest BCUT2D eigenvalue weighted by atomic mass is 9.89. The number of rotatable bonds is 4. The van der Waals surface area contributed by atoms with Gasteiger partial charge in [0.25, 0.3) is 5.91 Å². The molecule has 1 amide bonds. The van der Waals surface area contributed by atoms with Gasteiger partial charge in [-0.15, -0.1) is 0 Å². The molecule has 1 spiro atoms. The molecule has 0 aromatic carbocycles. The maximum Gasteiger partial charge on any atom is 0.252 e. The van der Waals surface area contributed by atoms with E-state index >= 15 is 0 Å². The Hall–Kier alpha value is -1.63. The Morgan fingerprint density at radius 3 is 3.21 bits per heavy atom. The Morgan fingerprint density at radius 2 is 2.42 bits per heavy atom. The zero-order valence-corrected chi connectivity index (χ0v) is 14.4. The topological polar surface area (TPSA) is 54.7 Å². The average Bonchev–Trinajstić information content (AvgIpc) is 3.31. The fourth-order valence-electron chi connectivity index (χ4n) is 3.78. The molecule has 0 bridgehead atoms. The Labute approximate surface area is 145 Å². The van der Waals surface area contributed by atoms with Crippen molar-refractivity contribution in [2.45, 2.75) is 37.5 Å². The maximum absolute atomic E-state index is 12.3. The van der Waals surface area contributed by atoms with Crippen LogP contribution in [0.4, 0.5) is 0 Å². The molecule has 2 fully saturated rings. The number of ether oxygens (including phenoxy) is 1. The van der Waals surface area contributed by atoms with Gasteiger partial charge in [-0.05, 0) is 42.8 Å². The summed E-state index contributed by atoms with van der Waals surface area (Å²) in [6.45, 7) is 3.44. The minimum Gasteiger partial charge on any atom is -0.468 e. The second-order valence-electron chi connectivity index (χ2n) is 6.75. The number of carbonyl (C=O) groups is 1. The van der Waals surface area contributed by atoms with Crippen LogP contribution in [0.2, 0.25) is 0 Å². The summed E-state index contributed by atoms with van der Waals surface area (Å²) in [5, 5.41) is 7.01. The summed E-state index contributed by atoms with van der Waals surface area (Å²) in [5.41, 5.74) is 0.628. The van der Waals surface area contributed by atoms with E-state index in [1.807, 2.05) is 29.0 Å². The normalized spacial score (nSPS) is 27.6. The summed E-state index contributed by atoms with van der Waals surface area (Å²) in [6.07, 6.45) is 4.50. The van der Waals surface area contributed by atoms with E-state index in [1.54, 1.807) is 17.6 Å². The number of nitrogens with zero attached hydrogens (tertiary/aromatic N) is 1. The molecule has 0 saturated carbocycles. The van der Waals surface area contributed by atoms with Crippen LogP contribution in [0.25, 0.3) is 0 Å². The van der Waals surface area contributed by atoms with Crippen LogP contribution < -0.4 is 5.32 Å². The van der Waals surface area contributed by atoms with Crippen LogP contribution in [0.15, 0.2) is 39.6 Å². The van der Waals surface area contributed by atoms with Crippen molar-refractivity contribution in [2.24, 2.45) is 0 Å². The average molecular weight is 346 g/mol. The van der Waals surface area contributed by atoms with Gasteiger partial charge < -0.3 is 14.5 Å². The molecule has 0 aliphatic carbocycles. The van der Waals surface area contributed by atoms with Crippen LogP contribution in [0, 0.1) is 0 Å². The largest absolute Gasteiger partial charge is 0.468 e. The molecule has 6 heteroatoms. The van der Waals surface area contributed by atoms with Crippen LogP contribution in [0.5, 0.6) is 0 Å². The lowest BCUT2D eigenvalue weighted by molar-refractivity contribution is -0.0794. The Bertz CT molecular complexity index is 671. The molecular formula is C18H22N2O3S. The quantitative estimate of drug-likeness (QED) is 0.925. The minimum absolute atomic E-state index is 0.0312. The molecule has 5 nitrogen and oxygen atoms in total. The molecule has 2 aromatic heterocycles. The Kier molecular flexibility index (Phi) is 4.43. The molecule has 0 unspecified atom stereocenters. The van der Waals surface area contributed by atoms with E-state index in [0.717, 1.165) is 50.2 Å². The highest BCUT2D eigenvalue weighted by molar-refractivity contribution is 7.08. The number of furan rings is 1. The second kappa shape index (κ2) is 6.70. The van der Waals surface area contributed by atoms with Gasteiger partial charge in [-0.25, -0.2) is 0 Å². The van der Waals surface area contributed by atoms with E-state index < -0.39 is 0 Å². The van der Waals surface area contributed by atoms with Crippen LogP contribution in [0.3, 0.4) is 0 Å². The van der Waals surface area contributed by atoms with Crippen molar-refractivity contribution in [1.29, 1.82) is 0 Å². The van der Waals surface area contributed by atoms with Crippen molar-refractivity contribution in [3.8, 4) is 0 Å². The number of amides is 1. The van der Waals surface area contributed by atoms with E-state index in [2.05, 4.69) is 10.2 Å². The van der Waals surface area contributed by atoms with E-state index in [9.17, 15) is 4.79 Å². The molecule has 2 atom stereocenters. The summed E-state index contributed by atoms with van der Waals surface area (Å²) in [5.74, 6) is 1.02. The first-order chi connectivity index (χ1) is 11.7. The first-order valence-electron chi connectivity index (χ1n) is 8.44. The smallest absolute Gasteiger partial charge is 0.252 e. The van der Waals surface area contributed by atoms with Gasteiger partial charge in [0.2, 0.25) is 0 Å². The molecule has 128 valence electrons. The minimum atomic E-state index is -0.128. The number of nitrogens with one attached hydrogen (secondary N) is 1. The van der Waals surface area contributed by atoms with Gasteiger partial charge >= 0.3 is 0 Å². The van der Waals surface area contributed by atoms with E-state index in [0.29, 0.717) is 6.61 Å². The number of hydrogen-bond acceptors (Lipinski definition) is 5. The summed E-state index contributed by atoms with van der Waals surface area (Å²) in [6, 6.07) is 6.00. The van der Waals surface area contributed by atoms with Crippen molar-refractivity contribution in [3.63, 3.8) is 0 Å². The number of likely N-dealkylation sites (tertiary alicyclic amines) is 1. The van der Waals surface area contributed by atoms with Crippen molar-refractivity contribution in [2.75, 3.05) is 19.7 Å². The van der Waals surface area contributed by atoms with E-state index in [4.69, 9.17) is 9.15 Å². The first kappa shape index (κ1) is 15.9.